The Kier molecular flexibility index (Phi) is 3.64. The standard InChI is InChI=1S/C13H18N2O2/c1-2-10-3-5-11(6-4-10)15-12(9-14)7-8-17-13(15)16/h3-6,12H,2,7-9,14H2,1H3. The lowest BCUT2D eigenvalue weighted by atomic mass is 10.1. The lowest BCUT2D eigenvalue weighted by molar-refractivity contribution is 0.130. The molecule has 1 saturated heterocycles. The predicted octanol–water partition coefficient (Wildman–Crippen LogP) is 1.92. The summed E-state index contributed by atoms with van der Waals surface area (Å²) < 4.78 is 5.06. The van der Waals surface area contributed by atoms with Gasteiger partial charge >= 0.3 is 6.09 Å². The number of amides is 1. The van der Waals surface area contributed by atoms with E-state index in [4.69, 9.17) is 10.5 Å². The van der Waals surface area contributed by atoms with E-state index in [2.05, 4.69) is 6.92 Å². The molecular formula is C13H18N2O2. The van der Waals surface area contributed by atoms with Gasteiger partial charge in [0.15, 0.2) is 0 Å². The molecule has 0 saturated carbocycles. The smallest absolute Gasteiger partial charge is 0.414 e. The van der Waals surface area contributed by atoms with Crippen molar-refractivity contribution in [1.29, 1.82) is 0 Å². The van der Waals surface area contributed by atoms with Crippen molar-refractivity contribution in [1.82, 2.24) is 0 Å². The molecule has 1 aliphatic heterocycles. The van der Waals surface area contributed by atoms with Crippen molar-refractivity contribution in [3.63, 3.8) is 0 Å². The quantitative estimate of drug-likeness (QED) is 0.869. The summed E-state index contributed by atoms with van der Waals surface area (Å²) in [6.07, 6.45) is 1.49. The number of anilines is 1. The van der Waals surface area contributed by atoms with Crippen molar-refractivity contribution in [2.24, 2.45) is 5.73 Å². The van der Waals surface area contributed by atoms with Gasteiger partial charge in [-0.25, -0.2) is 4.79 Å². The van der Waals surface area contributed by atoms with Gasteiger partial charge in [-0.15, -0.1) is 0 Å². The number of rotatable bonds is 3. The van der Waals surface area contributed by atoms with Crippen molar-refractivity contribution in [3.05, 3.63) is 29.8 Å². The van der Waals surface area contributed by atoms with Crippen LogP contribution in [0.15, 0.2) is 24.3 Å². The van der Waals surface area contributed by atoms with Crippen LogP contribution in [0.5, 0.6) is 0 Å². The van der Waals surface area contributed by atoms with Gasteiger partial charge in [0.25, 0.3) is 0 Å². The Morgan fingerprint density at radius 2 is 2.12 bits per heavy atom. The van der Waals surface area contributed by atoms with E-state index in [9.17, 15) is 4.79 Å². The molecule has 1 atom stereocenters. The van der Waals surface area contributed by atoms with Gasteiger partial charge in [-0.05, 0) is 24.1 Å². The topological polar surface area (TPSA) is 55.6 Å². The first-order valence-corrected chi connectivity index (χ1v) is 6.01. The lowest BCUT2D eigenvalue weighted by Gasteiger charge is -2.34. The van der Waals surface area contributed by atoms with Gasteiger partial charge in [-0.3, -0.25) is 4.90 Å². The van der Waals surface area contributed by atoms with Crippen LogP contribution in [0.1, 0.15) is 18.9 Å². The Hall–Kier alpha value is -1.55. The zero-order valence-corrected chi connectivity index (χ0v) is 10.1. The highest BCUT2D eigenvalue weighted by molar-refractivity contribution is 5.89. The fourth-order valence-corrected chi connectivity index (χ4v) is 2.06. The molecule has 17 heavy (non-hydrogen) atoms. The molecule has 1 fully saturated rings. The van der Waals surface area contributed by atoms with E-state index in [0.29, 0.717) is 13.2 Å². The van der Waals surface area contributed by atoms with Crippen LogP contribution in [0.4, 0.5) is 10.5 Å². The number of hydrogen-bond acceptors (Lipinski definition) is 3. The van der Waals surface area contributed by atoms with Gasteiger partial charge in [-0.2, -0.15) is 0 Å². The number of carbonyl (C=O) groups excluding carboxylic acids is 1. The van der Waals surface area contributed by atoms with E-state index >= 15 is 0 Å². The molecule has 0 aliphatic carbocycles. The van der Waals surface area contributed by atoms with Crippen LogP contribution < -0.4 is 10.6 Å². The first-order chi connectivity index (χ1) is 8.26. The molecule has 0 spiro atoms. The van der Waals surface area contributed by atoms with Crippen LogP contribution in [0.25, 0.3) is 0 Å². The number of cyclic esters (lactones) is 1. The molecule has 4 nitrogen and oxygen atoms in total. The van der Waals surface area contributed by atoms with Crippen molar-refractivity contribution < 1.29 is 9.53 Å². The van der Waals surface area contributed by atoms with Gasteiger partial charge in [0.05, 0.1) is 12.6 Å². The second-order valence-electron chi connectivity index (χ2n) is 4.18. The Labute approximate surface area is 101 Å². The fourth-order valence-electron chi connectivity index (χ4n) is 2.06. The monoisotopic (exact) mass is 234 g/mol. The molecule has 0 radical (unpaired) electrons. The number of aryl methyl sites for hydroxylation is 1. The summed E-state index contributed by atoms with van der Waals surface area (Å²) in [5.74, 6) is 0. The maximum absolute atomic E-state index is 11.8. The van der Waals surface area contributed by atoms with E-state index in [0.717, 1.165) is 18.5 Å². The summed E-state index contributed by atoms with van der Waals surface area (Å²) in [7, 11) is 0. The van der Waals surface area contributed by atoms with Gasteiger partial charge < -0.3 is 10.5 Å². The molecule has 1 amide bonds. The number of nitrogens with two attached hydrogens (primary N) is 1. The average molecular weight is 234 g/mol. The molecule has 1 aliphatic rings. The highest BCUT2D eigenvalue weighted by atomic mass is 16.6. The number of ether oxygens (including phenoxy) is 1. The highest BCUT2D eigenvalue weighted by Gasteiger charge is 2.29. The molecule has 1 heterocycles. The number of hydrogen-bond donors (Lipinski definition) is 1. The Bertz CT molecular complexity index is 389. The van der Waals surface area contributed by atoms with Crippen LogP contribution in [0.3, 0.4) is 0 Å². The van der Waals surface area contributed by atoms with Crippen LogP contribution >= 0.6 is 0 Å². The third-order valence-electron chi connectivity index (χ3n) is 3.13. The first kappa shape index (κ1) is 11.9. The van der Waals surface area contributed by atoms with Crippen LogP contribution in [-0.4, -0.2) is 25.3 Å². The van der Waals surface area contributed by atoms with Crippen LogP contribution in [-0.2, 0) is 11.2 Å². The van der Waals surface area contributed by atoms with Crippen molar-refractivity contribution in [2.75, 3.05) is 18.1 Å². The van der Waals surface area contributed by atoms with Gasteiger partial charge in [0, 0.05) is 18.7 Å². The van der Waals surface area contributed by atoms with Crippen molar-refractivity contribution >= 4 is 11.8 Å². The summed E-state index contributed by atoms with van der Waals surface area (Å²) in [6, 6.07) is 8.02. The minimum atomic E-state index is -0.295. The first-order valence-electron chi connectivity index (χ1n) is 6.01. The molecule has 1 aromatic carbocycles. The van der Waals surface area contributed by atoms with Crippen LogP contribution in [0, 0.1) is 0 Å². The summed E-state index contributed by atoms with van der Waals surface area (Å²) in [5, 5.41) is 0. The molecule has 92 valence electrons. The summed E-state index contributed by atoms with van der Waals surface area (Å²) in [4.78, 5) is 13.4. The minimum Gasteiger partial charge on any atom is -0.449 e. The van der Waals surface area contributed by atoms with E-state index in [-0.39, 0.29) is 12.1 Å². The second-order valence-corrected chi connectivity index (χ2v) is 4.18. The lowest BCUT2D eigenvalue weighted by Crippen LogP contribution is -2.49. The van der Waals surface area contributed by atoms with Gasteiger partial charge in [-0.1, -0.05) is 19.1 Å². The number of carbonyl (C=O) groups is 1. The zero-order chi connectivity index (χ0) is 12.3. The normalized spacial score (nSPS) is 20.2. The Morgan fingerprint density at radius 3 is 2.71 bits per heavy atom. The molecular weight excluding hydrogens is 216 g/mol. The fraction of sp³-hybridized carbons (Fsp3) is 0.462. The molecule has 0 bridgehead atoms. The average Bonchev–Trinajstić information content (AvgIpc) is 2.38. The Balaban J connectivity index is 2.25. The largest absolute Gasteiger partial charge is 0.449 e. The number of nitrogens with zero attached hydrogens (tertiary/aromatic N) is 1. The third kappa shape index (κ3) is 2.42. The second kappa shape index (κ2) is 5.19. The third-order valence-corrected chi connectivity index (χ3v) is 3.13. The summed E-state index contributed by atoms with van der Waals surface area (Å²) in [5.41, 5.74) is 7.82. The molecule has 1 unspecified atom stereocenters. The summed E-state index contributed by atoms with van der Waals surface area (Å²) in [6.45, 7) is 3.03. The van der Waals surface area contributed by atoms with Crippen LogP contribution in [0.2, 0.25) is 0 Å². The molecule has 2 N–H and O–H groups in total. The van der Waals surface area contributed by atoms with Gasteiger partial charge in [0.2, 0.25) is 0 Å². The highest BCUT2D eigenvalue weighted by Crippen LogP contribution is 2.23. The Morgan fingerprint density at radius 1 is 1.41 bits per heavy atom. The van der Waals surface area contributed by atoms with Crippen molar-refractivity contribution in [2.45, 2.75) is 25.8 Å². The predicted molar refractivity (Wildman–Crippen MR) is 67.1 cm³/mol. The van der Waals surface area contributed by atoms with E-state index in [1.54, 1.807) is 4.90 Å². The number of benzene rings is 1. The molecule has 4 heteroatoms. The minimum absolute atomic E-state index is 0.0451. The van der Waals surface area contributed by atoms with E-state index in [1.165, 1.54) is 5.56 Å². The zero-order valence-electron chi connectivity index (χ0n) is 10.1. The van der Waals surface area contributed by atoms with Gasteiger partial charge in [0.1, 0.15) is 0 Å². The molecule has 0 aromatic heterocycles. The maximum atomic E-state index is 11.8. The van der Waals surface area contributed by atoms with E-state index in [1.807, 2.05) is 24.3 Å². The van der Waals surface area contributed by atoms with Crippen molar-refractivity contribution in [3.8, 4) is 0 Å². The SMILES string of the molecule is CCc1ccc(N2C(=O)OCCC2CN)cc1. The molecule has 2 rings (SSSR count). The summed E-state index contributed by atoms with van der Waals surface area (Å²) >= 11 is 0. The molecule has 1 aromatic rings. The van der Waals surface area contributed by atoms with E-state index < -0.39 is 0 Å². The maximum Gasteiger partial charge on any atom is 0.414 e.